The fourth-order valence-electron chi connectivity index (χ4n) is 3.26. The number of hydrogen-bond acceptors (Lipinski definition) is 5. The van der Waals surface area contributed by atoms with E-state index in [-0.39, 0.29) is 12.4 Å². The Morgan fingerprint density at radius 1 is 1.32 bits per heavy atom. The molecule has 0 amide bonds. The van der Waals surface area contributed by atoms with Crippen LogP contribution in [0.25, 0.3) is 0 Å². The molecule has 2 N–H and O–H groups in total. The average Bonchev–Trinajstić information content (AvgIpc) is 2.48. The molecule has 1 saturated heterocycles. The minimum Gasteiger partial charge on any atom is -0.504 e. The zero-order valence-electron chi connectivity index (χ0n) is 13.8. The first-order valence-electron chi connectivity index (χ1n) is 8.00. The molecule has 0 aromatic heterocycles. The van der Waals surface area contributed by atoms with E-state index < -0.39 is 0 Å². The summed E-state index contributed by atoms with van der Waals surface area (Å²) < 4.78 is 5.08. The van der Waals surface area contributed by atoms with Crippen LogP contribution in [0.1, 0.15) is 25.8 Å². The van der Waals surface area contributed by atoms with Gasteiger partial charge in [0.05, 0.1) is 7.11 Å². The van der Waals surface area contributed by atoms with Crippen LogP contribution < -0.4 is 4.74 Å². The molecule has 22 heavy (non-hydrogen) atoms. The molecule has 1 heterocycles. The van der Waals surface area contributed by atoms with Crippen molar-refractivity contribution in [2.75, 3.05) is 33.4 Å². The zero-order valence-corrected chi connectivity index (χ0v) is 13.8. The van der Waals surface area contributed by atoms with Gasteiger partial charge in [0, 0.05) is 44.9 Å². The van der Waals surface area contributed by atoms with Gasteiger partial charge in [-0.15, -0.1) is 0 Å². The molecule has 2 rings (SSSR count). The number of nitrogens with zero attached hydrogens (tertiary/aromatic N) is 2. The maximum absolute atomic E-state index is 9.89. The van der Waals surface area contributed by atoms with Crippen LogP contribution in [0.2, 0.25) is 0 Å². The second-order valence-electron chi connectivity index (χ2n) is 6.24. The second-order valence-corrected chi connectivity index (χ2v) is 6.24. The summed E-state index contributed by atoms with van der Waals surface area (Å²) in [5.74, 6) is 0.694. The molecule has 5 nitrogen and oxygen atoms in total. The fraction of sp³-hybridized carbons (Fsp3) is 0.647. The van der Waals surface area contributed by atoms with Crippen LogP contribution in [0.5, 0.6) is 11.5 Å². The van der Waals surface area contributed by atoms with Crippen molar-refractivity contribution in [1.29, 1.82) is 0 Å². The quantitative estimate of drug-likeness (QED) is 0.837. The van der Waals surface area contributed by atoms with Gasteiger partial charge in [-0.2, -0.15) is 0 Å². The normalized spacial score (nSPS) is 20.5. The fourth-order valence-corrected chi connectivity index (χ4v) is 3.26. The van der Waals surface area contributed by atoms with Crippen molar-refractivity contribution in [3.8, 4) is 11.5 Å². The van der Waals surface area contributed by atoms with Crippen molar-refractivity contribution < 1.29 is 14.9 Å². The van der Waals surface area contributed by atoms with Gasteiger partial charge < -0.3 is 14.9 Å². The maximum atomic E-state index is 9.89. The second kappa shape index (κ2) is 7.81. The van der Waals surface area contributed by atoms with Crippen molar-refractivity contribution in [2.24, 2.45) is 0 Å². The van der Waals surface area contributed by atoms with Gasteiger partial charge in [0.15, 0.2) is 11.5 Å². The number of aliphatic hydroxyl groups is 1. The summed E-state index contributed by atoms with van der Waals surface area (Å²) in [6, 6.07) is 6.47. The number of phenolic OH excluding ortho intramolecular Hbond substituents is 1. The summed E-state index contributed by atoms with van der Waals surface area (Å²) >= 11 is 0. The Morgan fingerprint density at radius 2 is 2.09 bits per heavy atom. The maximum Gasteiger partial charge on any atom is 0.160 e. The highest BCUT2D eigenvalue weighted by Crippen LogP contribution is 2.27. The van der Waals surface area contributed by atoms with Crippen LogP contribution in [-0.4, -0.2) is 65.4 Å². The van der Waals surface area contributed by atoms with E-state index >= 15 is 0 Å². The van der Waals surface area contributed by atoms with Crippen molar-refractivity contribution in [1.82, 2.24) is 9.80 Å². The molecule has 0 bridgehead atoms. The predicted molar refractivity (Wildman–Crippen MR) is 87.3 cm³/mol. The molecule has 1 aromatic rings. The van der Waals surface area contributed by atoms with E-state index in [4.69, 9.17) is 4.74 Å². The number of rotatable bonds is 6. The standard InChI is InChI=1S/C17H28N2O3/c1-13(2)19-8-7-18(12-15(19)6-9-20)11-14-4-5-17(22-3)16(21)10-14/h4-5,10,13,15,20-21H,6-9,11-12H2,1-3H3/t15-/m0/s1. The number of aliphatic hydroxyl groups excluding tert-OH is 1. The van der Waals surface area contributed by atoms with Gasteiger partial charge in [-0.3, -0.25) is 9.80 Å². The van der Waals surface area contributed by atoms with Gasteiger partial charge in [0.25, 0.3) is 0 Å². The smallest absolute Gasteiger partial charge is 0.160 e. The summed E-state index contributed by atoms with van der Waals surface area (Å²) in [7, 11) is 1.55. The van der Waals surface area contributed by atoms with E-state index in [9.17, 15) is 10.2 Å². The Balaban J connectivity index is 2.00. The third kappa shape index (κ3) is 4.12. The van der Waals surface area contributed by atoms with Gasteiger partial charge >= 0.3 is 0 Å². The molecule has 1 fully saturated rings. The molecular formula is C17H28N2O3. The highest BCUT2D eigenvalue weighted by molar-refractivity contribution is 5.41. The minimum atomic E-state index is 0.188. The monoisotopic (exact) mass is 308 g/mol. The Bertz CT molecular complexity index is 479. The first kappa shape index (κ1) is 17.1. The lowest BCUT2D eigenvalue weighted by Crippen LogP contribution is -2.55. The summed E-state index contributed by atoms with van der Waals surface area (Å²) in [4.78, 5) is 4.86. The minimum absolute atomic E-state index is 0.188. The Labute approximate surface area is 133 Å². The van der Waals surface area contributed by atoms with E-state index in [2.05, 4.69) is 23.6 Å². The van der Waals surface area contributed by atoms with Gasteiger partial charge in [-0.05, 0) is 38.0 Å². The zero-order chi connectivity index (χ0) is 16.1. The van der Waals surface area contributed by atoms with E-state index in [1.165, 1.54) is 0 Å². The summed E-state index contributed by atoms with van der Waals surface area (Å²) in [6.07, 6.45) is 0.808. The molecule has 0 spiro atoms. The summed E-state index contributed by atoms with van der Waals surface area (Å²) in [6.45, 7) is 8.43. The highest BCUT2D eigenvalue weighted by Gasteiger charge is 2.28. The first-order valence-corrected chi connectivity index (χ1v) is 8.00. The number of aromatic hydroxyl groups is 1. The van der Waals surface area contributed by atoms with Crippen LogP contribution in [-0.2, 0) is 6.54 Å². The Morgan fingerprint density at radius 3 is 2.68 bits per heavy atom. The summed E-state index contributed by atoms with van der Waals surface area (Å²) in [5.41, 5.74) is 1.08. The number of methoxy groups -OCH3 is 1. The van der Waals surface area contributed by atoms with Gasteiger partial charge in [-0.25, -0.2) is 0 Å². The van der Waals surface area contributed by atoms with E-state index in [1.54, 1.807) is 19.2 Å². The van der Waals surface area contributed by atoms with Crippen molar-refractivity contribution in [3.63, 3.8) is 0 Å². The molecule has 0 unspecified atom stereocenters. The van der Waals surface area contributed by atoms with Crippen molar-refractivity contribution in [2.45, 2.75) is 38.9 Å². The van der Waals surface area contributed by atoms with Crippen molar-refractivity contribution >= 4 is 0 Å². The molecule has 1 aromatic carbocycles. The molecule has 5 heteroatoms. The van der Waals surface area contributed by atoms with E-state index in [0.717, 1.165) is 38.2 Å². The third-order valence-electron chi connectivity index (χ3n) is 4.39. The molecule has 1 atom stereocenters. The number of piperazine rings is 1. The number of hydrogen-bond donors (Lipinski definition) is 2. The lowest BCUT2D eigenvalue weighted by atomic mass is 10.1. The third-order valence-corrected chi connectivity index (χ3v) is 4.39. The molecule has 124 valence electrons. The molecule has 0 saturated carbocycles. The number of ether oxygens (including phenoxy) is 1. The van der Waals surface area contributed by atoms with Crippen molar-refractivity contribution in [3.05, 3.63) is 23.8 Å². The highest BCUT2D eigenvalue weighted by atomic mass is 16.5. The Kier molecular flexibility index (Phi) is 6.06. The Hall–Kier alpha value is -1.30. The van der Waals surface area contributed by atoms with E-state index in [1.807, 2.05) is 6.07 Å². The molecule has 1 aliphatic heterocycles. The molecule has 0 radical (unpaired) electrons. The van der Waals surface area contributed by atoms with Gasteiger partial charge in [-0.1, -0.05) is 6.07 Å². The lowest BCUT2D eigenvalue weighted by Gasteiger charge is -2.43. The molecule has 1 aliphatic rings. The summed E-state index contributed by atoms with van der Waals surface area (Å²) in [5, 5.41) is 19.2. The molecule has 0 aliphatic carbocycles. The van der Waals surface area contributed by atoms with Crippen LogP contribution >= 0.6 is 0 Å². The number of phenols is 1. The van der Waals surface area contributed by atoms with Crippen LogP contribution in [0, 0.1) is 0 Å². The predicted octanol–water partition coefficient (Wildman–Crippen LogP) is 1.68. The molecular weight excluding hydrogens is 280 g/mol. The first-order chi connectivity index (χ1) is 10.5. The van der Waals surface area contributed by atoms with Crippen LogP contribution in [0.3, 0.4) is 0 Å². The van der Waals surface area contributed by atoms with Crippen LogP contribution in [0.4, 0.5) is 0 Å². The lowest BCUT2D eigenvalue weighted by molar-refractivity contribution is 0.0349. The van der Waals surface area contributed by atoms with E-state index in [0.29, 0.717) is 17.8 Å². The average molecular weight is 308 g/mol. The SMILES string of the molecule is COc1ccc(CN2CCN(C(C)C)[C@@H](CCO)C2)cc1O. The largest absolute Gasteiger partial charge is 0.504 e. The topological polar surface area (TPSA) is 56.2 Å². The van der Waals surface area contributed by atoms with Crippen LogP contribution in [0.15, 0.2) is 18.2 Å². The van der Waals surface area contributed by atoms with Gasteiger partial charge in [0.1, 0.15) is 0 Å². The van der Waals surface area contributed by atoms with Gasteiger partial charge in [0.2, 0.25) is 0 Å². The number of benzene rings is 1.